The number of carbonyl (C=O) groups is 1. The highest BCUT2D eigenvalue weighted by Gasteiger charge is 2.09. The molecule has 152 valence electrons. The van der Waals surface area contributed by atoms with Gasteiger partial charge in [-0.25, -0.2) is 14.2 Å². The van der Waals surface area contributed by atoms with Gasteiger partial charge in [-0.2, -0.15) is 5.26 Å². The first-order chi connectivity index (χ1) is 15.0. The number of nitrogens with zero attached hydrogens (tertiary/aromatic N) is 2. The van der Waals surface area contributed by atoms with Gasteiger partial charge in [0, 0.05) is 0 Å². The Kier molecular flexibility index (Phi) is 5.45. The number of aromatic amines is 1. The lowest BCUT2D eigenvalue weighted by molar-refractivity contribution is 0.0697. The number of ether oxygens (including phenoxy) is 1. The van der Waals surface area contributed by atoms with Gasteiger partial charge in [0.2, 0.25) is 0 Å². The molecule has 0 radical (unpaired) electrons. The van der Waals surface area contributed by atoms with Crippen LogP contribution in [0.4, 0.5) is 4.39 Å². The number of allylic oxidation sites excluding steroid dienone is 1. The fourth-order valence-corrected chi connectivity index (χ4v) is 3.00. The SMILES string of the molecule is N#C/C(=C/c1ccc(OCc2ccc(C(=O)O)cc2)cc1)c1nc2ccc(F)cc2[nH]1. The second kappa shape index (κ2) is 8.51. The van der Waals surface area contributed by atoms with Crippen molar-refractivity contribution in [1.29, 1.82) is 5.26 Å². The molecular weight excluding hydrogens is 397 g/mol. The fourth-order valence-electron chi connectivity index (χ4n) is 3.00. The lowest BCUT2D eigenvalue weighted by Crippen LogP contribution is -1.98. The van der Waals surface area contributed by atoms with Crippen LogP contribution < -0.4 is 4.74 Å². The van der Waals surface area contributed by atoms with E-state index in [1.54, 1.807) is 36.4 Å². The van der Waals surface area contributed by atoms with Crippen LogP contribution in [0.5, 0.6) is 5.75 Å². The summed E-state index contributed by atoms with van der Waals surface area (Å²) in [7, 11) is 0. The van der Waals surface area contributed by atoms with E-state index >= 15 is 0 Å². The van der Waals surface area contributed by atoms with Gasteiger partial charge in [-0.15, -0.1) is 0 Å². The summed E-state index contributed by atoms with van der Waals surface area (Å²) in [5.41, 5.74) is 3.28. The van der Waals surface area contributed by atoms with E-state index in [1.807, 2.05) is 12.1 Å². The van der Waals surface area contributed by atoms with Crippen LogP contribution in [0.3, 0.4) is 0 Å². The van der Waals surface area contributed by atoms with Crippen LogP contribution in [0.25, 0.3) is 22.7 Å². The van der Waals surface area contributed by atoms with Gasteiger partial charge in [-0.3, -0.25) is 0 Å². The third-order valence-corrected chi connectivity index (χ3v) is 4.62. The molecule has 0 saturated heterocycles. The third kappa shape index (κ3) is 4.60. The molecule has 7 heteroatoms. The van der Waals surface area contributed by atoms with E-state index in [-0.39, 0.29) is 11.4 Å². The van der Waals surface area contributed by atoms with E-state index in [9.17, 15) is 14.4 Å². The number of carboxylic acids is 1. The maximum Gasteiger partial charge on any atom is 0.335 e. The van der Waals surface area contributed by atoms with E-state index in [2.05, 4.69) is 16.0 Å². The first-order valence-electron chi connectivity index (χ1n) is 9.34. The van der Waals surface area contributed by atoms with Crippen LogP contribution in [0.1, 0.15) is 27.3 Å². The minimum Gasteiger partial charge on any atom is -0.489 e. The molecule has 0 unspecified atom stereocenters. The number of aromatic nitrogens is 2. The Morgan fingerprint density at radius 2 is 1.87 bits per heavy atom. The first-order valence-corrected chi connectivity index (χ1v) is 9.34. The molecule has 0 aliphatic heterocycles. The molecule has 31 heavy (non-hydrogen) atoms. The van der Waals surface area contributed by atoms with Crippen LogP contribution >= 0.6 is 0 Å². The van der Waals surface area contributed by atoms with E-state index in [1.165, 1.54) is 24.3 Å². The van der Waals surface area contributed by atoms with Crippen molar-refractivity contribution in [3.63, 3.8) is 0 Å². The van der Waals surface area contributed by atoms with Crippen molar-refractivity contribution >= 4 is 28.7 Å². The monoisotopic (exact) mass is 413 g/mol. The van der Waals surface area contributed by atoms with E-state index in [0.717, 1.165) is 11.1 Å². The second-order valence-corrected chi connectivity index (χ2v) is 6.78. The summed E-state index contributed by atoms with van der Waals surface area (Å²) in [4.78, 5) is 18.2. The number of H-pyrrole nitrogens is 1. The zero-order valence-corrected chi connectivity index (χ0v) is 16.2. The average molecular weight is 413 g/mol. The smallest absolute Gasteiger partial charge is 0.335 e. The highest BCUT2D eigenvalue weighted by Crippen LogP contribution is 2.21. The number of imidazole rings is 1. The molecule has 0 aliphatic carbocycles. The van der Waals surface area contributed by atoms with Gasteiger partial charge in [0.1, 0.15) is 30.1 Å². The maximum absolute atomic E-state index is 13.4. The molecule has 1 heterocycles. The minimum atomic E-state index is -0.970. The number of halogens is 1. The van der Waals surface area contributed by atoms with Gasteiger partial charge < -0.3 is 14.8 Å². The predicted molar refractivity (Wildman–Crippen MR) is 114 cm³/mol. The molecule has 4 aromatic rings. The van der Waals surface area contributed by atoms with E-state index < -0.39 is 5.97 Å². The molecule has 4 rings (SSSR count). The fraction of sp³-hybridized carbons (Fsp3) is 0.0417. The van der Waals surface area contributed by atoms with Gasteiger partial charge in [0.15, 0.2) is 0 Å². The van der Waals surface area contributed by atoms with E-state index in [0.29, 0.717) is 34.8 Å². The summed E-state index contributed by atoms with van der Waals surface area (Å²) < 4.78 is 19.1. The topological polar surface area (TPSA) is 99.0 Å². The summed E-state index contributed by atoms with van der Waals surface area (Å²) in [6.45, 7) is 0.300. The molecular formula is C24H16FN3O3. The molecule has 0 aliphatic rings. The highest BCUT2D eigenvalue weighted by atomic mass is 19.1. The van der Waals surface area contributed by atoms with Crippen molar-refractivity contribution in [3.8, 4) is 11.8 Å². The lowest BCUT2D eigenvalue weighted by Gasteiger charge is -2.07. The minimum absolute atomic E-state index is 0.225. The van der Waals surface area contributed by atoms with Gasteiger partial charge in [-0.05, 0) is 59.7 Å². The van der Waals surface area contributed by atoms with Gasteiger partial charge in [-0.1, -0.05) is 24.3 Å². The first kappa shape index (κ1) is 19.9. The molecule has 0 amide bonds. The maximum atomic E-state index is 13.4. The standard InChI is InChI=1S/C24H16FN3O3/c25-19-7-10-21-22(12-19)28-23(27-21)18(13-26)11-15-3-8-20(9-4-15)31-14-16-1-5-17(6-2-16)24(29)30/h1-12H,14H2,(H,27,28)(H,29,30)/b18-11-. The molecule has 0 fully saturated rings. The molecule has 0 saturated carbocycles. The molecule has 0 spiro atoms. The molecule has 0 atom stereocenters. The number of fused-ring (bicyclic) bond motifs is 1. The average Bonchev–Trinajstić information content (AvgIpc) is 3.20. The van der Waals surface area contributed by atoms with Crippen molar-refractivity contribution in [3.05, 3.63) is 95.1 Å². The Bertz CT molecular complexity index is 1320. The molecule has 3 aromatic carbocycles. The number of aromatic carboxylic acids is 1. The summed E-state index contributed by atoms with van der Waals surface area (Å²) in [5.74, 6) is -0.341. The van der Waals surface area contributed by atoms with Crippen molar-refractivity contribution in [1.82, 2.24) is 9.97 Å². The van der Waals surface area contributed by atoms with Crippen LogP contribution in [-0.2, 0) is 6.61 Å². The second-order valence-electron chi connectivity index (χ2n) is 6.78. The largest absolute Gasteiger partial charge is 0.489 e. The van der Waals surface area contributed by atoms with Crippen molar-refractivity contribution in [2.75, 3.05) is 0 Å². The number of nitriles is 1. The third-order valence-electron chi connectivity index (χ3n) is 4.62. The number of carboxylic acid groups (broad SMARTS) is 1. The number of rotatable bonds is 6. The molecule has 2 N–H and O–H groups in total. The summed E-state index contributed by atoms with van der Waals surface area (Å²) in [6, 6.07) is 20.0. The number of nitrogens with one attached hydrogen (secondary N) is 1. The number of hydrogen-bond acceptors (Lipinski definition) is 4. The van der Waals surface area contributed by atoms with Crippen molar-refractivity contribution in [2.45, 2.75) is 6.61 Å². The summed E-state index contributed by atoms with van der Waals surface area (Å²) >= 11 is 0. The van der Waals surface area contributed by atoms with Crippen molar-refractivity contribution < 1.29 is 19.0 Å². The van der Waals surface area contributed by atoms with Gasteiger partial charge in [0.25, 0.3) is 0 Å². The zero-order chi connectivity index (χ0) is 21.8. The highest BCUT2D eigenvalue weighted by molar-refractivity contribution is 5.90. The van der Waals surface area contributed by atoms with Crippen LogP contribution in [0.15, 0.2) is 66.7 Å². The predicted octanol–water partition coefficient (Wildman–Crippen LogP) is 5.04. The molecule has 0 bridgehead atoms. The summed E-state index contributed by atoms with van der Waals surface area (Å²) in [6.07, 6.45) is 1.68. The normalized spacial score (nSPS) is 11.3. The van der Waals surface area contributed by atoms with Crippen LogP contribution in [-0.4, -0.2) is 21.0 Å². The van der Waals surface area contributed by atoms with Gasteiger partial charge in [0.05, 0.1) is 22.2 Å². The Hall–Kier alpha value is -4.44. The quantitative estimate of drug-likeness (QED) is 0.431. The number of hydrogen-bond donors (Lipinski definition) is 2. The zero-order valence-electron chi connectivity index (χ0n) is 16.2. The van der Waals surface area contributed by atoms with Crippen LogP contribution in [0, 0.1) is 17.1 Å². The molecule has 6 nitrogen and oxygen atoms in total. The Morgan fingerprint density at radius 3 is 2.55 bits per heavy atom. The van der Waals surface area contributed by atoms with Gasteiger partial charge >= 0.3 is 5.97 Å². The number of benzene rings is 3. The Balaban J connectivity index is 1.46. The van der Waals surface area contributed by atoms with Crippen LogP contribution in [0.2, 0.25) is 0 Å². The Morgan fingerprint density at radius 1 is 1.13 bits per heavy atom. The van der Waals surface area contributed by atoms with Crippen molar-refractivity contribution in [2.24, 2.45) is 0 Å². The van der Waals surface area contributed by atoms with E-state index in [4.69, 9.17) is 9.84 Å². The lowest BCUT2D eigenvalue weighted by atomic mass is 10.1. The Labute approximate surface area is 176 Å². The summed E-state index contributed by atoms with van der Waals surface area (Å²) in [5, 5.41) is 18.5. The molecule has 1 aromatic heterocycles.